The summed E-state index contributed by atoms with van der Waals surface area (Å²) in [5, 5.41) is 14.0. The molecule has 5 heteroatoms. The highest BCUT2D eigenvalue weighted by Crippen LogP contribution is 2.21. The van der Waals surface area contributed by atoms with Crippen molar-refractivity contribution < 1.29 is 14.6 Å². The van der Waals surface area contributed by atoms with Gasteiger partial charge in [-0.05, 0) is 43.5 Å². The summed E-state index contributed by atoms with van der Waals surface area (Å²) in [5.41, 5.74) is 0.971. The lowest BCUT2D eigenvalue weighted by molar-refractivity contribution is 0.0655. The van der Waals surface area contributed by atoms with E-state index in [1.165, 1.54) is 0 Å². The number of aliphatic hydroxyl groups is 1. The molecule has 1 fully saturated rings. The number of hydrogen-bond donors (Lipinski definition) is 2. The molecule has 1 aromatic carbocycles. The van der Waals surface area contributed by atoms with Crippen molar-refractivity contribution >= 4 is 11.6 Å². The van der Waals surface area contributed by atoms with Crippen molar-refractivity contribution in [2.75, 3.05) is 26.4 Å². The molecule has 1 aromatic rings. The molecule has 0 spiro atoms. The maximum absolute atomic E-state index is 9.92. The van der Waals surface area contributed by atoms with Crippen LogP contribution < -0.4 is 10.1 Å². The van der Waals surface area contributed by atoms with Crippen LogP contribution in [0.25, 0.3) is 0 Å². The zero-order valence-electron chi connectivity index (χ0n) is 11.8. The van der Waals surface area contributed by atoms with Crippen LogP contribution in [-0.4, -0.2) is 43.6 Å². The first-order valence-electron chi connectivity index (χ1n) is 7.03. The van der Waals surface area contributed by atoms with Gasteiger partial charge in [0.15, 0.2) is 0 Å². The molecule has 2 rings (SSSR count). The largest absolute Gasteiger partial charge is 0.491 e. The Labute approximate surface area is 125 Å². The molecule has 1 aliphatic rings. The van der Waals surface area contributed by atoms with Crippen molar-refractivity contribution in [3.8, 4) is 5.75 Å². The summed E-state index contributed by atoms with van der Waals surface area (Å²) in [6.07, 6.45) is 1.49. The van der Waals surface area contributed by atoms with E-state index in [0.29, 0.717) is 12.6 Å². The van der Waals surface area contributed by atoms with Gasteiger partial charge in [0, 0.05) is 30.8 Å². The van der Waals surface area contributed by atoms with E-state index in [1.807, 2.05) is 19.1 Å². The van der Waals surface area contributed by atoms with Gasteiger partial charge in [-0.25, -0.2) is 0 Å². The minimum atomic E-state index is -0.520. The van der Waals surface area contributed by atoms with Gasteiger partial charge in [-0.15, -0.1) is 0 Å². The molecular formula is C15H22ClNO3. The second-order valence-corrected chi connectivity index (χ2v) is 5.58. The third kappa shape index (κ3) is 4.94. The van der Waals surface area contributed by atoms with Crippen molar-refractivity contribution in [2.24, 2.45) is 0 Å². The highest BCUT2D eigenvalue weighted by Gasteiger charge is 2.14. The number of benzene rings is 1. The first kappa shape index (κ1) is 15.6. The van der Waals surface area contributed by atoms with Crippen molar-refractivity contribution in [1.82, 2.24) is 5.32 Å². The lowest BCUT2D eigenvalue weighted by Crippen LogP contribution is -2.40. The average Bonchev–Trinajstić information content (AvgIpc) is 2.47. The summed E-state index contributed by atoms with van der Waals surface area (Å²) >= 11 is 5.95. The third-order valence-electron chi connectivity index (χ3n) is 3.44. The topological polar surface area (TPSA) is 50.7 Å². The molecule has 0 aromatic heterocycles. The zero-order chi connectivity index (χ0) is 14.4. The van der Waals surface area contributed by atoms with Crippen LogP contribution in [0.5, 0.6) is 5.75 Å². The van der Waals surface area contributed by atoms with E-state index >= 15 is 0 Å². The highest BCUT2D eigenvalue weighted by atomic mass is 35.5. The van der Waals surface area contributed by atoms with Gasteiger partial charge in [0.1, 0.15) is 18.5 Å². The van der Waals surface area contributed by atoms with Gasteiger partial charge in [-0.3, -0.25) is 0 Å². The third-order valence-corrected chi connectivity index (χ3v) is 3.86. The molecule has 1 aliphatic heterocycles. The number of ether oxygens (including phenoxy) is 2. The van der Waals surface area contributed by atoms with Crippen LogP contribution in [0.15, 0.2) is 18.2 Å². The first-order chi connectivity index (χ1) is 9.65. The standard InChI is InChI=1S/C15H22ClNO3/c1-11-8-14(2-3-15(11)16)20-10-13(18)9-17-12-4-6-19-7-5-12/h2-3,8,12-13,17-18H,4-7,9-10H2,1H3. The Morgan fingerprint density at radius 3 is 2.90 bits per heavy atom. The second kappa shape index (κ2) is 7.84. The molecule has 0 saturated carbocycles. The van der Waals surface area contributed by atoms with E-state index in [0.717, 1.165) is 42.4 Å². The Bertz CT molecular complexity index is 422. The molecular weight excluding hydrogens is 278 g/mol. The summed E-state index contributed by atoms with van der Waals surface area (Å²) in [6, 6.07) is 5.93. The molecule has 2 N–H and O–H groups in total. The van der Waals surface area contributed by atoms with Crippen LogP contribution in [0.4, 0.5) is 0 Å². The van der Waals surface area contributed by atoms with Crippen molar-refractivity contribution in [2.45, 2.75) is 31.9 Å². The summed E-state index contributed by atoms with van der Waals surface area (Å²) in [5.74, 6) is 0.733. The van der Waals surface area contributed by atoms with Gasteiger partial charge in [0.25, 0.3) is 0 Å². The van der Waals surface area contributed by atoms with Gasteiger partial charge < -0.3 is 19.9 Å². The second-order valence-electron chi connectivity index (χ2n) is 5.17. The number of aryl methyl sites for hydroxylation is 1. The maximum Gasteiger partial charge on any atom is 0.119 e. The van der Waals surface area contributed by atoms with E-state index < -0.39 is 6.10 Å². The SMILES string of the molecule is Cc1cc(OCC(O)CNC2CCOCC2)ccc1Cl. The molecule has 0 radical (unpaired) electrons. The van der Waals surface area contributed by atoms with E-state index in [2.05, 4.69) is 5.32 Å². The molecule has 4 nitrogen and oxygen atoms in total. The van der Waals surface area contributed by atoms with Crippen molar-refractivity contribution in [1.29, 1.82) is 0 Å². The Morgan fingerprint density at radius 2 is 2.20 bits per heavy atom. The molecule has 20 heavy (non-hydrogen) atoms. The Hall–Kier alpha value is -0.810. The number of hydrogen-bond acceptors (Lipinski definition) is 4. The molecule has 1 atom stereocenters. The van der Waals surface area contributed by atoms with Gasteiger partial charge in [-0.1, -0.05) is 11.6 Å². The number of halogens is 1. The van der Waals surface area contributed by atoms with Crippen LogP contribution in [-0.2, 0) is 4.74 Å². The van der Waals surface area contributed by atoms with Crippen LogP contribution in [0.1, 0.15) is 18.4 Å². The fourth-order valence-corrected chi connectivity index (χ4v) is 2.28. The Kier molecular flexibility index (Phi) is 6.10. The fraction of sp³-hybridized carbons (Fsp3) is 0.600. The molecule has 0 bridgehead atoms. The molecule has 0 amide bonds. The predicted molar refractivity (Wildman–Crippen MR) is 79.5 cm³/mol. The van der Waals surface area contributed by atoms with Crippen LogP contribution in [0, 0.1) is 6.92 Å². The monoisotopic (exact) mass is 299 g/mol. The quantitative estimate of drug-likeness (QED) is 0.845. The summed E-state index contributed by atoms with van der Waals surface area (Å²) in [6.45, 7) is 4.34. The van der Waals surface area contributed by atoms with Crippen molar-refractivity contribution in [3.05, 3.63) is 28.8 Å². The van der Waals surface area contributed by atoms with Gasteiger partial charge in [-0.2, -0.15) is 0 Å². The number of nitrogens with one attached hydrogen (secondary N) is 1. The minimum absolute atomic E-state index is 0.275. The van der Waals surface area contributed by atoms with Crippen LogP contribution in [0.3, 0.4) is 0 Å². The molecule has 1 unspecified atom stereocenters. The Balaban J connectivity index is 1.68. The molecule has 0 aliphatic carbocycles. The lowest BCUT2D eigenvalue weighted by Gasteiger charge is -2.24. The summed E-state index contributed by atoms with van der Waals surface area (Å²) in [4.78, 5) is 0. The molecule has 1 heterocycles. The normalized spacial score (nSPS) is 17.9. The van der Waals surface area contributed by atoms with Gasteiger partial charge in [0.05, 0.1) is 0 Å². The van der Waals surface area contributed by atoms with Gasteiger partial charge in [0.2, 0.25) is 0 Å². The highest BCUT2D eigenvalue weighted by molar-refractivity contribution is 6.31. The maximum atomic E-state index is 9.92. The van der Waals surface area contributed by atoms with Gasteiger partial charge >= 0.3 is 0 Å². The zero-order valence-corrected chi connectivity index (χ0v) is 12.5. The summed E-state index contributed by atoms with van der Waals surface area (Å²) in [7, 11) is 0. The molecule has 1 saturated heterocycles. The van der Waals surface area contributed by atoms with E-state index in [-0.39, 0.29) is 6.61 Å². The van der Waals surface area contributed by atoms with E-state index in [4.69, 9.17) is 21.1 Å². The Morgan fingerprint density at radius 1 is 1.45 bits per heavy atom. The molecule has 112 valence electrons. The van der Waals surface area contributed by atoms with Crippen LogP contribution in [0.2, 0.25) is 5.02 Å². The van der Waals surface area contributed by atoms with E-state index in [9.17, 15) is 5.11 Å². The number of rotatable bonds is 6. The van der Waals surface area contributed by atoms with Crippen LogP contribution >= 0.6 is 11.6 Å². The van der Waals surface area contributed by atoms with E-state index in [1.54, 1.807) is 6.07 Å². The predicted octanol–water partition coefficient (Wildman–Crippen LogP) is 2.16. The first-order valence-corrected chi connectivity index (χ1v) is 7.41. The summed E-state index contributed by atoms with van der Waals surface area (Å²) < 4.78 is 10.9. The minimum Gasteiger partial charge on any atom is -0.491 e. The number of aliphatic hydroxyl groups excluding tert-OH is 1. The average molecular weight is 300 g/mol. The fourth-order valence-electron chi connectivity index (χ4n) is 2.16. The lowest BCUT2D eigenvalue weighted by atomic mass is 10.1. The smallest absolute Gasteiger partial charge is 0.119 e. The van der Waals surface area contributed by atoms with Crippen molar-refractivity contribution in [3.63, 3.8) is 0 Å².